The van der Waals surface area contributed by atoms with E-state index < -0.39 is 25.3 Å². The Morgan fingerprint density at radius 3 is 2.36 bits per heavy atom. The molecule has 2 aromatic carbocycles. The molecule has 0 bridgehead atoms. The van der Waals surface area contributed by atoms with Crippen LogP contribution in [0.15, 0.2) is 54.6 Å². The van der Waals surface area contributed by atoms with Crippen LogP contribution in [0.5, 0.6) is 5.75 Å². The van der Waals surface area contributed by atoms with Gasteiger partial charge in [-0.3, -0.25) is 0 Å². The minimum atomic E-state index is -4.49. The van der Waals surface area contributed by atoms with Gasteiger partial charge in [-0.25, -0.2) is 0 Å². The van der Waals surface area contributed by atoms with Crippen LogP contribution in [0, 0.1) is 11.8 Å². The van der Waals surface area contributed by atoms with E-state index in [9.17, 15) is 13.2 Å². The molecule has 0 aliphatic rings. The summed E-state index contributed by atoms with van der Waals surface area (Å²) in [6.07, 6.45) is -4.49. The van der Waals surface area contributed by atoms with Crippen molar-refractivity contribution in [2.75, 3.05) is 13.2 Å². The summed E-state index contributed by atoms with van der Waals surface area (Å²) in [6, 6.07) is 17.4. The molecule has 0 saturated carbocycles. The summed E-state index contributed by atoms with van der Waals surface area (Å²) < 4.78 is 46.0. The topological polar surface area (TPSA) is 34.4 Å². The molecule has 0 aliphatic heterocycles. The van der Waals surface area contributed by atoms with Gasteiger partial charge in [0, 0.05) is 23.7 Å². The van der Waals surface area contributed by atoms with Crippen molar-refractivity contribution >= 4 is 10.9 Å². The Bertz CT molecular complexity index is 917. The molecule has 1 atom stereocenters. The lowest BCUT2D eigenvalue weighted by molar-refractivity contribution is -0.190. The number of aromatic nitrogens is 1. The molecule has 3 aromatic rings. The highest BCUT2D eigenvalue weighted by Gasteiger charge is 2.39. The summed E-state index contributed by atoms with van der Waals surface area (Å²) >= 11 is 0. The molecular formula is C22H24F3NO2. The highest BCUT2D eigenvalue weighted by molar-refractivity contribution is 5.88. The lowest BCUT2D eigenvalue weighted by Crippen LogP contribution is -2.31. The van der Waals surface area contributed by atoms with Gasteiger partial charge in [0.05, 0.1) is 12.1 Å². The van der Waals surface area contributed by atoms with Crippen molar-refractivity contribution in [3.63, 3.8) is 0 Å². The number of nitrogens with zero attached hydrogens (tertiary/aromatic N) is 1. The number of hydrogen-bond acceptors (Lipinski definition) is 2. The smallest absolute Gasteiger partial charge is 0.397 e. The first-order chi connectivity index (χ1) is 13.3. The molecule has 0 radical (unpaired) electrons. The average molecular weight is 391 g/mol. The van der Waals surface area contributed by atoms with E-state index in [1.165, 1.54) is 0 Å². The number of benzene rings is 2. The third-order valence-electron chi connectivity index (χ3n) is 4.63. The van der Waals surface area contributed by atoms with Gasteiger partial charge in [-0.15, -0.1) is 0 Å². The fraction of sp³-hybridized carbons (Fsp3) is 0.364. The van der Waals surface area contributed by atoms with E-state index in [2.05, 4.69) is 24.5 Å². The number of rotatable bonds is 7. The maximum Gasteiger partial charge on any atom is 0.397 e. The van der Waals surface area contributed by atoms with Crippen LogP contribution in [0.2, 0.25) is 0 Å². The number of halogens is 3. The van der Waals surface area contributed by atoms with Crippen molar-refractivity contribution < 1.29 is 23.0 Å². The van der Waals surface area contributed by atoms with Crippen molar-refractivity contribution in [3.05, 3.63) is 54.6 Å². The fourth-order valence-corrected chi connectivity index (χ4v) is 3.18. The lowest BCUT2D eigenvalue weighted by atomic mass is 10.1. The maximum atomic E-state index is 12.8. The molecule has 1 unspecified atom stereocenters. The normalized spacial score (nSPS) is 13.2. The molecule has 0 spiro atoms. The quantitative estimate of drug-likeness (QED) is 0.576. The van der Waals surface area contributed by atoms with Crippen molar-refractivity contribution in [2.45, 2.75) is 26.6 Å². The number of aliphatic hydroxyl groups is 1. The fourth-order valence-electron chi connectivity index (χ4n) is 3.18. The van der Waals surface area contributed by atoms with Crippen molar-refractivity contribution in [2.24, 2.45) is 11.8 Å². The van der Waals surface area contributed by atoms with E-state index in [-0.39, 0.29) is 0 Å². The van der Waals surface area contributed by atoms with Gasteiger partial charge in [-0.1, -0.05) is 44.2 Å². The zero-order valence-electron chi connectivity index (χ0n) is 15.9. The predicted molar refractivity (Wildman–Crippen MR) is 104 cm³/mol. The Hall–Kier alpha value is -2.47. The molecule has 1 heterocycles. The Labute approximate surface area is 162 Å². The standard InChI is InChI=1S/C22H24F3NO2/c1-15(2)12-26-20(16-6-4-3-5-7-16)10-17-8-9-19(11-21(17)26)28-14-18(13-27)22(23,24)25/h3-11,15,18,27H,12-14H2,1-2H3. The van der Waals surface area contributed by atoms with Gasteiger partial charge in [0.2, 0.25) is 0 Å². The second-order valence-corrected chi connectivity index (χ2v) is 7.35. The summed E-state index contributed by atoms with van der Waals surface area (Å²) in [7, 11) is 0. The van der Waals surface area contributed by atoms with E-state index in [0.29, 0.717) is 11.7 Å². The van der Waals surface area contributed by atoms with Crippen LogP contribution < -0.4 is 4.74 Å². The number of hydrogen-bond donors (Lipinski definition) is 1. The SMILES string of the molecule is CC(C)Cn1c(-c2ccccc2)cc2ccc(OCC(CO)C(F)(F)F)cc21. The van der Waals surface area contributed by atoms with Gasteiger partial charge in [-0.05, 0) is 29.7 Å². The first kappa shape index (κ1) is 20.3. The second-order valence-electron chi connectivity index (χ2n) is 7.35. The Balaban J connectivity index is 1.96. The Kier molecular flexibility index (Phi) is 5.98. The first-order valence-electron chi connectivity index (χ1n) is 9.28. The van der Waals surface area contributed by atoms with Gasteiger partial charge >= 0.3 is 6.18 Å². The minimum Gasteiger partial charge on any atom is -0.493 e. The number of aliphatic hydroxyl groups excluding tert-OH is 1. The van der Waals surface area contributed by atoms with Crippen LogP contribution in [0.1, 0.15) is 13.8 Å². The van der Waals surface area contributed by atoms with E-state index in [0.717, 1.165) is 28.7 Å². The van der Waals surface area contributed by atoms with Gasteiger partial charge in [0.15, 0.2) is 0 Å². The molecule has 28 heavy (non-hydrogen) atoms. The molecule has 150 valence electrons. The third-order valence-corrected chi connectivity index (χ3v) is 4.63. The molecule has 6 heteroatoms. The molecular weight excluding hydrogens is 367 g/mol. The molecule has 0 fully saturated rings. The summed E-state index contributed by atoms with van der Waals surface area (Å²) in [5, 5.41) is 9.98. The zero-order chi connectivity index (χ0) is 20.3. The van der Waals surface area contributed by atoms with E-state index in [1.54, 1.807) is 12.1 Å². The molecule has 3 rings (SSSR count). The van der Waals surface area contributed by atoms with Crippen LogP contribution >= 0.6 is 0 Å². The molecule has 1 N–H and O–H groups in total. The van der Waals surface area contributed by atoms with Gasteiger partial charge < -0.3 is 14.4 Å². The number of fused-ring (bicyclic) bond motifs is 1. The molecule has 1 aromatic heterocycles. The van der Waals surface area contributed by atoms with E-state index in [1.807, 2.05) is 36.4 Å². The first-order valence-corrected chi connectivity index (χ1v) is 9.28. The number of alkyl halides is 3. The van der Waals surface area contributed by atoms with Gasteiger partial charge in [-0.2, -0.15) is 13.2 Å². The zero-order valence-corrected chi connectivity index (χ0v) is 15.9. The largest absolute Gasteiger partial charge is 0.493 e. The molecule has 0 aliphatic carbocycles. The number of ether oxygens (including phenoxy) is 1. The Morgan fingerprint density at radius 1 is 1.04 bits per heavy atom. The Morgan fingerprint density at radius 2 is 1.75 bits per heavy atom. The monoisotopic (exact) mass is 391 g/mol. The summed E-state index contributed by atoms with van der Waals surface area (Å²) in [4.78, 5) is 0. The maximum absolute atomic E-state index is 12.8. The van der Waals surface area contributed by atoms with Crippen LogP contribution in [0.25, 0.3) is 22.2 Å². The predicted octanol–water partition coefficient (Wildman–Crippen LogP) is 5.51. The summed E-state index contributed by atoms with van der Waals surface area (Å²) in [5.74, 6) is -1.14. The van der Waals surface area contributed by atoms with Gasteiger partial charge in [0.1, 0.15) is 18.3 Å². The summed E-state index contributed by atoms with van der Waals surface area (Å²) in [5.41, 5.74) is 3.06. The molecule has 0 saturated heterocycles. The second kappa shape index (κ2) is 8.27. The van der Waals surface area contributed by atoms with Gasteiger partial charge in [0.25, 0.3) is 0 Å². The lowest BCUT2D eigenvalue weighted by Gasteiger charge is -2.18. The molecule has 3 nitrogen and oxygen atoms in total. The van der Waals surface area contributed by atoms with E-state index >= 15 is 0 Å². The van der Waals surface area contributed by atoms with E-state index in [4.69, 9.17) is 9.84 Å². The van der Waals surface area contributed by atoms with Crippen LogP contribution in [0.3, 0.4) is 0 Å². The van der Waals surface area contributed by atoms with Crippen molar-refractivity contribution in [3.8, 4) is 17.0 Å². The van der Waals surface area contributed by atoms with Crippen LogP contribution in [0.4, 0.5) is 13.2 Å². The minimum absolute atomic E-state index is 0.359. The summed E-state index contributed by atoms with van der Waals surface area (Å²) in [6.45, 7) is 3.42. The highest BCUT2D eigenvalue weighted by Crippen LogP contribution is 2.32. The van der Waals surface area contributed by atoms with Crippen LogP contribution in [-0.4, -0.2) is 29.1 Å². The highest BCUT2D eigenvalue weighted by atomic mass is 19.4. The average Bonchev–Trinajstić information content (AvgIpc) is 2.99. The van der Waals surface area contributed by atoms with Crippen molar-refractivity contribution in [1.29, 1.82) is 0 Å². The molecule has 0 amide bonds. The third kappa shape index (κ3) is 4.50. The van der Waals surface area contributed by atoms with Crippen molar-refractivity contribution in [1.82, 2.24) is 4.57 Å². The van der Waals surface area contributed by atoms with Crippen LogP contribution in [-0.2, 0) is 6.54 Å².